The topological polar surface area (TPSA) is 118 Å². The number of carbonyl (C=O) groups excluding carboxylic acids is 3. The van der Waals surface area contributed by atoms with Crippen LogP contribution in [0.25, 0.3) is 0 Å². The monoisotopic (exact) mass is 777 g/mol. The molecular formula is C40H60ClN3O6Zn. The number of esters is 3. The zero-order valence-corrected chi connectivity index (χ0v) is 36.7. The summed E-state index contributed by atoms with van der Waals surface area (Å²) in [6.45, 7) is 28.5. The summed E-state index contributed by atoms with van der Waals surface area (Å²) >= 11 is 5.53. The van der Waals surface area contributed by atoms with Crippen LogP contribution in [0, 0.1) is 43.4 Å². The minimum Gasteiger partial charge on any atom is -0.465 e. The Morgan fingerprint density at radius 2 is 0.941 bits per heavy atom. The smallest absolute Gasteiger partial charge is 0.465 e. The fraction of sp³-hybridized carbons (Fsp3) is 0.500. The number of rotatable bonds is 9. The molecular weight excluding hydrogens is 719 g/mol. The van der Waals surface area contributed by atoms with Crippen molar-refractivity contribution in [2.75, 3.05) is 20.8 Å². The quantitative estimate of drug-likeness (QED) is 0.0688. The molecule has 9 nitrogen and oxygen atoms in total. The van der Waals surface area contributed by atoms with Crippen molar-refractivity contribution in [1.29, 1.82) is 0 Å². The molecule has 3 aromatic heterocycles. The van der Waals surface area contributed by atoms with Gasteiger partial charge in [0.15, 0.2) is 0 Å². The Morgan fingerprint density at radius 1 is 0.608 bits per heavy atom. The van der Waals surface area contributed by atoms with Crippen LogP contribution in [0.5, 0.6) is 0 Å². The molecule has 0 aliphatic carbocycles. The molecule has 0 aliphatic heterocycles. The largest absolute Gasteiger partial charge is 2.00 e. The van der Waals surface area contributed by atoms with Crippen LogP contribution in [-0.2, 0) is 46.5 Å². The normalized spacial score (nSPS) is 9.88. The van der Waals surface area contributed by atoms with E-state index in [4.69, 9.17) is 16.3 Å². The zero-order valence-electron chi connectivity index (χ0n) is 33.0. The van der Waals surface area contributed by atoms with Crippen LogP contribution in [0.3, 0.4) is 0 Å². The Bertz CT molecular complexity index is 1370. The molecule has 0 atom stereocenters. The van der Waals surface area contributed by atoms with E-state index in [-0.39, 0.29) is 36.6 Å². The molecule has 0 radical (unpaired) electrons. The van der Waals surface area contributed by atoms with Crippen molar-refractivity contribution in [3.8, 4) is 0 Å². The van der Waals surface area contributed by atoms with Gasteiger partial charge in [0.1, 0.15) is 5.15 Å². The fourth-order valence-electron chi connectivity index (χ4n) is 3.36. The first-order chi connectivity index (χ1) is 23.3. The molecule has 0 aromatic carbocycles. The number of hydrogen-bond donors (Lipinski definition) is 0. The molecule has 0 saturated carbocycles. The molecule has 3 rings (SSSR count). The van der Waals surface area contributed by atoms with E-state index in [9.17, 15) is 14.4 Å². The number of carbonyl (C=O) groups is 3. The van der Waals surface area contributed by atoms with Gasteiger partial charge >= 0.3 is 37.4 Å². The molecule has 11 heteroatoms. The third kappa shape index (κ3) is 30.1. The molecule has 0 fully saturated rings. The summed E-state index contributed by atoms with van der Waals surface area (Å²) in [5.74, 6) is 1.62. The van der Waals surface area contributed by atoms with Gasteiger partial charge in [0, 0.05) is 30.0 Å². The average molecular weight is 780 g/mol. The van der Waals surface area contributed by atoms with E-state index in [1.165, 1.54) is 32.5 Å². The molecule has 0 N–H and O–H groups in total. The number of halogens is 1. The second kappa shape index (κ2) is 30.4. The maximum Gasteiger partial charge on any atom is 2.00 e. The summed E-state index contributed by atoms with van der Waals surface area (Å²) in [7, 11) is 2.70. The minimum absolute atomic E-state index is 0. The zero-order chi connectivity index (χ0) is 38.8. The predicted molar refractivity (Wildman–Crippen MR) is 203 cm³/mol. The first-order valence-corrected chi connectivity index (χ1v) is 17.2. The van der Waals surface area contributed by atoms with E-state index in [1.54, 1.807) is 30.6 Å². The number of hydrogen-bond acceptors (Lipinski definition) is 9. The fourth-order valence-corrected chi connectivity index (χ4v) is 3.53. The Kier molecular flexibility index (Phi) is 31.1. The van der Waals surface area contributed by atoms with Crippen LogP contribution in [-0.4, -0.2) is 53.7 Å². The summed E-state index contributed by atoms with van der Waals surface area (Å²) in [4.78, 5) is 45.9. The average Bonchev–Trinajstić information content (AvgIpc) is 3.02. The van der Waals surface area contributed by atoms with Gasteiger partial charge in [0.2, 0.25) is 0 Å². The molecule has 0 unspecified atom stereocenters. The molecule has 280 valence electrons. The Morgan fingerprint density at radius 3 is 1.25 bits per heavy atom. The van der Waals surface area contributed by atoms with Gasteiger partial charge in [-0.05, 0) is 67.0 Å². The second-order valence-electron chi connectivity index (χ2n) is 13.4. The van der Waals surface area contributed by atoms with Crippen molar-refractivity contribution in [2.45, 2.75) is 82.1 Å². The van der Waals surface area contributed by atoms with Crippen molar-refractivity contribution < 1.29 is 48.1 Å². The van der Waals surface area contributed by atoms with Crippen LogP contribution in [0.2, 0.25) is 5.15 Å². The molecule has 0 amide bonds. The standard InChI is InChI=1S/C14H21NO2.C11H15NO2.C7H6ClNO2.2C4H9.Zn/c1-10(2)7-13-8-12(5-6-15-13)14(16)17-9-11(3)4;1-8(2)6-10-7-9(4-5-12-10)11(13)14-3;1-11-7(10)5-2-3-9-6(8)4-5;2*1-4(2)3;/h5-6,8,10-11H,7,9H2,1-4H3;4-5,7-8H,6H2,1-3H3;2-4H,1H3;2*4H,1H2,2-3H3;/q;;;2*-1;+2. The van der Waals surface area contributed by atoms with Crippen molar-refractivity contribution in [3.05, 3.63) is 102 Å². The van der Waals surface area contributed by atoms with Crippen molar-refractivity contribution in [2.24, 2.45) is 29.6 Å². The molecule has 3 aromatic rings. The van der Waals surface area contributed by atoms with Crippen molar-refractivity contribution in [1.82, 2.24) is 15.0 Å². The second-order valence-corrected chi connectivity index (χ2v) is 13.8. The maximum atomic E-state index is 11.7. The van der Waals surface area contributed by atoms with Gasteiger partial charge in [0.05, 0.1) is 37.5 Å². The first-order valence-electron chi connectivity index (χ1n) is 16.8. The third-order valence-corrected chi connectivity index (χ3v) is 5.43. The summed E-state index contributed by atoms with van der Waals surface area (Å²) in [6, 6.07) is 9.96. The first kappa shape index (κ1) is 52.1. The summed E-state index contributed by atoms with van der Waals surface area (Å²) in [5.41, 5.74) is 3.45. The summed E-state index contributed by atoms with van der Waals surface area (Å²) in [5, 5.41) is 0.285. The van der Waals surface area contributed by atoms with E-state index < -0.39 is 5.97 Å². The predicted octanol–water partition coefficient (Wildman–Crippen LogP) is 9.63. The van der Waals surface area contributed by atoms with Gasteiger partial charge in [-0.2, -0.15) is 11.8 Å². The molecule has 0 bridgehead atoms. The van der Waals surface area contributed by atoms with Crippen LogP contribution in [0.4, 0.5) is 0 Å². The number of ether oxygens (including phenoxy) is 3. The van der Waals surface area contributed by atoms with Crippen LogP contribution in [0.15, 0.2) is 55.0 Å². The van der Waals surface area contributed by atoms with Crippen molar-refractivity contribution >= 4 is 29.5 Å². The number of methoxy groups -OCH3 is 2. The number of pyridine rings is 3. The van der Waals surface area contributed by atoms with E-state index in [2.05, 4.69) is 93.7 Å². The van der Waals surface area contributed by atoms with Gasteiger partial charge in [-0.25, -0.2) is 19.4 Å². The number of aromatic nitrogens is 3. The maximum absolute atomic E-state index is 11.7. The van der Waals surface area contributed by atoms with Gasteiger partial charge in [-0.15, -0.1) is 0 Å². The van der Waals surface area contributed by atoms with Crippen LogP contribution >= 0.6 is 11.6 Å². The molecule has 51 heavy (non-hydrogen) atoms. The van der Waals surface area contributed by atoms with Gasteiger partial charge in [0.25, 0.3) is 0 Å². The number of nitrogens with zero attached hydrogens (tertiary/aromatic N) is 3. The van der Waals surface area contributed by atoms with E-state index >= 15 is 0 Å². The molecule has 0 saturated heterocycles. The van der Waals surface area contributed by atoms with Crippen molar-refractivity contribution in [3.63, 3.8) is 0 Å². The van der Waals surface area contributed by atoms with Gasteiger partial charge in [-0.3, -0.25) is 9.97 Å². The molecule has 3 heterocycles. The van der Waals surface area contributed by atoms with Gasteiger partial charge < -0.3 is 28.1 Å². The Hall–Kier alpha value is -3.23. The molecule has 0 aliphatic rings. The van der Waals surface area contributed by atoms with Crippen LogP contribution in [0.1, 0.15) is 112 Å². The van der Waals surface area contributed by atoms with Crippen LogP contribution < -0.4 is 0 Å². The minimum atomic E-state index is -0.408. The summed E-state index contributed by atoms with van der Waals surface area (Å²) in [6.07, 6.45) is 6.53. The van der Waals surface area contributed by atoms with E-state index in [1.807, 2.05) is 19.9 Å². The molecule has 0 spiro atoms. The van der Waals surface area contributed by atoms with Gasteiger partial charge in [-0.1, -0.05) is 80.8 Å². The third-order valence-electron chi connectivity index (χ3n) is 5.22. The van der Waals surface area contributed by atoms with E-state index in [0.717, 1.165) is 24.2 Å². The van der Waals surface area contributed by atoms with E-state index in [0.29, 0.717) is 52.9 Å². The Labute approximate surface area is 325 Å². The Balaban J connectivity index is -0.000000615. The summed E-state index contributed by atoms with van der Waals surface area (Å²) < 4.78 is 14.3. The SMILES string of the molecule is CC(C)COC(=O)c1ccnc(CC(C)C)c1.COC(=O)c1ccnc(CC(C)C)c1.COC(=O)c1ccnc(Cl)c1.[CH2-]C(C)C.[CH2-]C(C)C.[Zn+2].